The van der Waals surface area contributed by atoms with Crippen molar-refractivity contribution in [2.75, 3.05) is 53.4 Å². The van der Waals surface area contributed by atoms with E-state index in [1.807, 2.05) is 35.2 Å². The Labute approximate surface area is 133 Å². The standard InChI is InChI=1S/C17H28N4O/c1-19(2)9-6-10-20-11-13-21(14-12-20)17(22)18-15-16-7-4-3-5-8-16/h3-5,7-8H,6,9-15H2,1-2H3,(H,18,22). The van der Waals surface area contributed by atoms with Crippen LogP contribution in [0.5, 0.6) is 0 Å². The minimum Gasteiger partial charge on any atom is -0.334 e. The van der Waals surface area contributed by atoms with E-state index in [4.69, 9.17) is 0 Å². The van der Waals surface area contributed by atoms with Gasteiger partial charge in [0, 0.05) is 32.7 Å². The van der Waals surface area contributed by atoms with Gasteiger partial charge in [0.05, 0.1) is 0 Å². The molecule has 1 saturated heterocycles. The van der Waals surface area contributed by atoms with Crippen LogP contribution in [0.1, 0.15) is 12.0 Å². The molecular weight excluding hydrogens is 276 g/mol. The minimum absolute atomic E-state index is 0.0526. The normalized spacial score (nSPS) is 16.0. The number of benzene rings is 1. The number of carbonyl (C=O) groups is 1. The lowest BCUT2D eigenvalue weighted by molar-refractivity contribution is 0.136. The molecule has 1 aromatic rings. The average molecular weight is 304 g/mol. The molecule has 2 rings (SSSR count). The van der Waals surface area contributed by atoms with Crippen LogP contribution in [0.4, 0.5) is 4.79 Å². The zero-order valence-electron chi connectivity index (χ0n) is 13.8. The van der Waals surface area contributed by atoms with Gasteiger partial charge >= 0.3 is 6.03 Å². The summed E-state index contributed by atoms with van der Waals surface area (Å²) in [4.78, 5) is 18.8. The number of hydrogen-bond donors (Lipinski definition) is 1. The van der Waals surface area contributed by atoms with Gasteiger partial charge in [-0.2, -0.15) is 0 Å². The quantitative estimate of drug-likeness (QED) is 0.865. The highest BCUT2D eigenvalue weighted by Gasteiger charge is 2.20. The smallest absolute Gasteiger partial charge is 0.317 e. The number of piperazine rings is 1. The molecule has 22 heavy (non-hydrogen) atoms. The summed E-state index contributed by atoms with van der Waals surface area (Å²) in [5.74, 6) is 0. The highest BCUT2D eigenvalue weighted by atomic mass is 16.2. The number of nitrogens with zero attached hydrogens (tertiary/aromatic N) is 3. The molecule has 1 aromatic carbocycles. The largest absolute Gasteiger partial charge is 0.334 e. The first kappa shape index (κ1) is 16.8. The Balaban J connectivity index is 1.64. The van der Waals surface area contributed by atoms with Crippen molar-refractivity contribution in [2.24, 2.45) is 0 Å². The lowest BCUT2D eigenvalue weighted by Gasteiger charge is -2.34. The van der Waals surface area contributed by atoms with E-state index < -0.39 is 0 Å². The second-order valence-corrected chi connectivity index (χ2v) is 6.13. The average Bonchev–Trinajstić information content (AvgIpc) is 2.54. The first-order chi connectivity index (χ1) is 10.6. The van der Waals surface area contributed by atoms with Crippen molar-refractivity contribution in [1.29, 1.82) is 0 Å². The maximum absolute atomic E-state index is 12.2. The van der Waals surface area contributed by atoms with Gasteiger partial charge in [-0.3, -0.25) is 4.90 Å². The number of hydrogen-bond acceptors (Lipinski definition) is 3. The molecule has 1 heterocycles. The highest BCUT2D eigenvalue weighted by molar-refractivity contribution is 5.74. The van der Waals surface area contributed by atoms with Crippen LogP contribution in [-0.2, 0) is 6.54 Å². The predicted octanol–water partition coefficient (Wildman–Crippen LogP) is 1.47. The summed E-state index contributed by atoms with van der Waals surface area (Å²) in [6.45, 7) is 6.45. The molecule has 0 aliphatic carbocycles. The number of urea groups is 1. The van der Waals surface area contributed by atoms with E-state index in [9.17, 15) is 4.79 Å². The monoisotopic (exact) mass is 304 g/mol. The van der Waals surface area contributed by atoms with Crippen molar-refractivity contribution < 1.29 is 4.79 Å². The fraction of sp³-hybridized carbons (Fsp3) is 0.588. The number of rotatable bonds is 6. The lowest BCUT2D eigenvalue weighted by atomic mass is 10.2. The highest BCUT2D eigenvalue weighted by Crippen LogP contribution is 2.04. The molecule has 0 atom stereocenters. The molecule has 0 radical (unpaired) electrons. The molecule has 1 aliphatic heterocycles. The van der Waals surface area contributed by atoms with E-state index in [-0.39, 0.29) is 6.03 Å². The molecule has 0 aromatic heterocycles. The second kappa shape index (κ2) is 8.76. The Kier molecular flexibility index (Phi) is 6.68. The van der Waals surface area contributed by atoms with Gasteiger partial charge in [-0.15, -0.1) is 0 Å². The van der Waals surface area contributed by atoms with Crippen molar-refractivity contribution in [3.63, 3.8) is 0 Å². The van der Waals surface area contributed by atoms with E-state index in [2.05, 4.69) is 29.2 Å². The number of carbonyl (C=O) groups excluding carboxylic acids is 1. The zero-order chi connectivity index (χ0) is 15.8. The molecule has 0 unspecified atom stereocenters. The predicted molar refractivity (Wildman–Crippen MR) is 89.9 cm³/mol. The number of nitrogens with one attached hydrogen (secondary N) is 1. The Hall–Kier alpha value is -1.59. The van der Waals surface area contributed by atoms with Crippen LogP contribution in [0.2, 0.25) is 0 Å². The van der Waals surface area contributed by atoms with Crippen molar-refractivity contribution >= 4 is 6.03 Å². The van der Waals surface area contributed by atoms with Crippen molar-refractivity contribution in [2.45, 2.75) is 13.0 Å². The van der Waals surface area contributed by atoms with Crippen LogP contribution in [0.15, 0.2) is 30.3 Å². The molecule has 5 nitrogen and oxygen atoms in total. The van der Waals surface area contributed by atoms with E-state index in [0.29, 0.717) is 6.54 Å². The second-order valence-electron chi connectivity index (χ2n) is 6.13. The maximum Gasteiger partial charge on any atom is 0.317 e. The van der Waals surface area contributed by atoms with E-state index >= 15 is 0 Å². The van der Waals surface area contributed by atoms with Crippen LogP contribution in [0, 0.1) is 0 Å². The molecule has 0 bridgehead atoms. The summed E-state index contributed by atoms with van der Waals surface area (Å²) in [6.07, 6.45) is 1.19. The summed E-state index contributed by atoms with van der Waals surface area (Å²) in [6, 6.07) is 10.1. The molecule has 1 N–H and O–H groups in total. The Morgan fingerprint density at radius 1 is 1.14 bits per heavy atom. The van der Waals surface area contributed by atoms with Gasteiger partial charge in [-0.05, 0) is 39.2 Å². The third-order valence-electron chi connectivity index (χ3n) is 4.03. The zero-order valence-corrected chi connectivity index (χ0v) is 13.8. The minimum atomic E-state index is 0.0526. The van der Waals surface area contributed by atoms with Crippen LogP contribution in [0.25, 0.3) is 0 Å². The lowest BCUT2D eigenvalue weighted by Crippen LogP contribution is -2.51. The van der Waals surface area contributed by atoms with Crippen LogP contribution >= 0.6 is 0 Å². The summed E-state index contributed by atoms with van der Waals surface area (Å²) in [5.41, 5.74) is 1.14. The summed E-state index contributed by atoms with van der Waals surface area (Å²) in [5, 5.41) is 3.00. The van der Waals surface area contributed by atoms with E-state index in [0.717, 1.165) is 44.8 Å². The Morgan fingerprint density at radius 3 is 2.45 bits per heavy atom. The summed E-state index contributed by atoms with van der Waals surface area (Å²) >= 11 is 0. The Morgan fingerprint density at radius 2 is 1.82 bits per heavy atom. The summed E-state index contributed by atoms with van der Waals surface area (Å²) in [7, 11) is 4.21. The van der Waals surface area contributed by atoms with Gasteiger partial charge in [-0.25, -0.2) is 4.79 Å². The van der Waals surface area contributed by atoms with Gasteiger partial charge in [0.2, 0.25) is 0 Å². The first-order valence-corrected chi connectivity index (χ1v) is 8.09. The molecule has 5 heteroatoms. The molecule has 122 valence electrons. The van der Waals surface area contributed by atoms with Gasteiger partial charge < -0.3 is 15.1 Å². The summed E-state index contributed by atoms with van der Waals surface area (Å²) < 4.78 is 0. The molecule has 0 saturated carbocycles. The van der Waals surface area contributed by atoms with Crippen molar-refractivity contribution in [3.8, 4) is 0 Å². The van der Waals surface area contributed by atoms with Gasteiger partial charge in [0.15, 0.2) is 0 Å². The fourth-order valence-corrected chi connectivity index (χ4v) is 2.67. The van der Waals surface area contributed by atoms with E-state index in [1.54, 1.807) is 0 Å². The molecule has 1 aliphatic rings. The number of amides is 2. The SMILES string of the molecule is CN(C)CCCN1CCN(C(=O)NCc2ccccc2)CC1. The third-order valence-corrected chi connectivity index (χ3v) is 4.03. The molecule has 0 spiro atoms. The topological polar surface area (TPSA) is 38.8 Å². The van der Waals surface area contributed by atoms with Gasteiger partial charge in [-0.1, -0.05) is 30.3 Å². The molecule has 2 amide bonds. The van der Waals surface area contributed by atoms with Gasteiger partial charge in [0.25, 0.3) is 0 Å². The molecular formula is C17H28N4O. The first-order valence-electron chi connectivity index (χ1n) is 8.09. The molecule has 1 fully saturated rings. The van der Waals surface area contributed by atoms with Crippen LogP contribution < -0.4 is 5.32 Å². The van der Waals surface area contributed by atoms with Crippen molar-refractivity contribution in [3.05, 3.63) is 35.9 Å². The van der Waals surface area contributed by atoms with Crippen molar-refractivity contribution in [1.82, 2.24) is 20.0 Å². The third kappa shape index (κ3) is 5.66. The van der Waals surface area contributed by atoms with Gasteiger partial charge in [0.1, 0.15) is 0 Å². The van der Waals surface area contributed by atoms with E-state index in [1.165, 1.54) is 6.42 Å². The fourth-order valence-electron chi connectivity index (χ4n) is 2.67. The Bertz CT molecular complexity index is 441. The van der Waals surface area contributed by atoms with Crippen LogP contribution in [-0.4, -0.2) is 74.1 Å². The van der Waals surface area contributed by atoms with Crippen LogP contribution in [0.3, 0.4) is 0 Å². The maximum atomic E-state index is 12.2.